The highest BCUT2D eigenvalue weighted by Gasteiger charge is 2.17. The van der Waals surface area contributed by atoms with Gasteiger partial charge < -0.3 is 14.9 Å². The van der Waals surface area contributed by atoms with Crippen LogP contribution in [-0.4, -0.2) is 16.8 Å². The summed E-state index contributed by atoms with van der Waals surface area (Å²) in [6.45, 7) is 2.61. The molecule has 0 unspecified atom stereocenters. The fraction of sp³-hybridized carbons (Fsp3) is 0.0714. The van der Waals surface area contributed by atoms with E-state index < -0.39 is 0 Å². The molecule has 152 valence electrons. The van der Waals surface area contributed by atoms with Crippen LogP contribution in [0.5, 0.6) is 17.2 Å². The van der Waals surface area contributed by atoms with Gasteiger partial charge in [0.2, 0.25) is 0 Å². The maximum absolute atomic E-state index is 10.8. The Morgan fingerprint density at radius 3 is 1.94 bits per heavy atom. The molecule has 0 heterocycles. The van der Waals surface area contributed by atoms with E-state index in [1.165, 1.54) is 0 Å². The van der Waals surface area contributed by atoms with E-state index in [0.29, 0.717) is 17.7 Å². The number of hydrogen-bond donors (Lipinski definition) is 2. The van der Waals surface area contributed by atoms with Crippen molar-refractivity contribution in [3.05, 3.63) is 91.0 Å². The number of hydrogen-bond acceptors (Lipinski definition) is 3. The Hall–Kier alpha value is -3.98. The van der Waals surface area contributed by atoms with E-state index in [1.54, 1.807) is 12.1 Å². The van der Waals surface area contributed by atoms with Crippen LogP contribution in [0.2, 0.25) is 0 Å². The monoisotopic (exact) mass is 406 g/mol. The molecule has 3 heteroatoms. The van der Waals surface area contributed by atoms with E-state index in [1.807, 2.05) is 79.7 Å². The summed E-state index contributed by atoms with van der Waals surface area (Å²) in [5.41, 5.74) is 3.46. The van der Waals surface area contributed by atoms with Crippen LogP contribution in [-0.2, 0) is 0 Å². The Balaban J connectivity index is 1.69. The number of benzene rings is 5. The number of aromatic hydroxyl groups is 2. The van der Waals surface area contributed by atoms with Gasteiger partial charge in [0, 0.05) is 11.1 Å². The third-order valence-electron chi connectivity index (χ3n) is 5.65. The summed E-state index contributed by atoms with van der Waals surface area (Å²) in [5, 5.41) is 25.3. The average molecular weight is 406 g/mol. The van der Waals surface area contributed by atoms with Crippen molar-refractivity contribution in [2.45, 2.75) is 6.92 Å². The lowest BCUT2D eigenvalue weighted by Gasteiger charge is -2.15. The molecular weight excluding hydrogens is 384 g/mol. The van der Waals surface area contributed by atoms with Crippen molar-refractivity contribution in [3.8, 4) is 39.5 Å². The first-order valence-electron chi connectivity index (χ1n) is 10.4. The fourth-order valence-corrected chi connectivity index (χ4v) is 4.19. The minimum Gasteiger partial charge on any atom is -0.507 e. The molecule has 0 aromatic heterocycles. The summed E-state index contributed by atoms with van der Waals surface area (Å²) < 4.78 is 5.54. The number of phenolic OH excluding ortho intramolecular Hbond substituents is 2. The summed E-state index contributed by atoms with van der Waals surface area (Å²) in [4.78, 5) is 0. The van der Waals surface area contributed by atoms with Crippen LogP contribution in [0.4, 0.5) is 0 Å². The molecule has 31 heavy (non-hydrogen) atoms. The maximum Gasteiger partial charge on any atom is 0.124 e. The van der Waals surface area contributed by atoms with Gasteiger partial charge in [-0.3, -0.25) is 0 Å². The van der Waals surface area contributed by atoms with Gasteiger partial charge in [0.25, 0.3) is 0 Å². The third-order valence-corrected chi connectivity index (χ3v) is 5.65. The zero-order chi connectivity index (χ0) is 21.4. The molecule has 0 atom stereocenters. The third kappa shape index (κ3) is 3.34. The minimum atomic E-state index is 0.146. The number of phenols is 2. The van der Waals surface area contributed by atoms with Gasteiger partial charge in [-0.05, 0) is 69.9 Å². The smallest absolute Gasteiger partial charge is 0.124 e. The molecule has 0 fully saturated rings. The summed E-state index contributed by atoms with van der Waals surface area (Å²) in [7, 11) is 0. The molecular formula is C28H22O3. The molecule has 0 radical (unpaired) electrons. The molecule has 0 aliphatic rings. The van der Waals surface area contributed by atoms with Gasteiger partial charge in [-0.15, -0.1) is 0 Å². The number of ether oxygens (including phenoxy) is 1. The van der Waals surface area contributed by atoms with Crippen molar-refractivity contribution in [3.63, 3.8) is 0 Å². The standard InChI is InChI=1S/C28H22O3/c1-2-31-22-12-7-18(8-13-22)20-9-14-24-21(17-20)11-16-26(30)28(24)27-23-6-4-3-5-19(23)10-15-25(27)29/h3-17,29-30H,2H2,1H3. The molecule has 0 saturated heterocycles. The second kappa shape index (κ2) is 7.69. The van der Waals surface area contributed by atoms with Crippen LogP contribution in [0, 0.1) is 0 Å². The zero-order valence-corrected chi connectivity index (χ0v) is 17.2. The van der Waals surface area contributed by atoms with E-state index >= 15 is 0 Å². The van der Waals surface area contributed by atoms with Gasteiger partial charge in [0.05, 0.1) is 6.61 Å². The normalized spacial score (nSPS) is 11.1. The highest BCUT2D eigenvalue weighted by Crippen LogP contribution is 2.45. The van der Waals surface area contributed by atoms with Gasteiger partial charge in [-0.25, -0.2) is 0 Å². The van der Waals surface area contributed by atoms with Crippen LogP contribution in [0.15, 0.2) is 91.0 Å². The zero-order valence-electron chi connectivity index (χ0n) is 17.2. The molecule has 5 rings (SSSR count). The predicted molar refractivity (Wildman–Crippen MR) is 127 cm³/mol. The van der Waals surface area contributed by atoms with Crippen molar-refractivity contribution in [2.24, 2.45) is 0 Å². The van der Waals surface area contributed by atoms with Crippen LogP contribution >= 0.6 is 0 Å². The molecule has 0 amide bonds. The molecule has 5 aromatic carbocycles. The SMILES string of the molecule is CCOc1ccc(-c2ccc3c(-c4c(O)ccc5ccccc45)c(O)ccc3c2)cc1. The van der Waals surface area contributed by atoms with Crippen LogP contribution in [0.3, 0.4) is 0 Å². The predicted octanol–water partition coefficient (Wildman–Crippen LogP) is 7.14. The van der Waals surface area contributed by atoms with Crippen molar-refractivity contribution < 1.29 is 14.9 Å². The second-order valence-electron chi connectivity index (χ2n) is 7.53. The summed E-state index contributed by atoms with van der Waals surface area (Å²) in [5.74, 6) is 1.15. The van der Waals surface area contributed by atoms with Gasteiger partial charge in [0.15, 0.2) is 0 Å². The van der Waals surface area contributed by atoms with Crippen LogP contribution < -0.4 is 4.74 Å². The second-order valence-corrected chi connectivity index (χ2v) is 7.53. The van der Waals surface area contributed by atoms with Crippen LogP contribution in [0.1, 0.15) is 6.92 Å². The Labute approximate surface area is 180 Å². The molecule has 5 aromatic rings. The van der Waals surface area contributed by atoms with Crippen molar-refractivity contribution in [1.29, 1.82) is 0 Å². The minimum absolute atomic E-state index is 0.146. The summed E-state index contributed by atoms with van der Waals surface area (Å²) in [6.07, 6.45) is 0. The molecule has 0 bridgehead atoms. The van der Waals surface area contributed by atoms with E-state index in [0.717, 1.165) is 38.4 Å². The highest BCUT2D eigenvalue weighted by atomic mass is 16.5. The maximum atomic E-state index is 10.8. The summed E-state index contributed by atoms with van der Waals surface area (Å²) in [6, 6.07) is 29.3. The number of rotatable bonds is 4. The Kier molecular flexibility index (Phi) is 4.72. The Bertz CT molecular complexity index is 1400. The first-order chi connectivity index (χ1) is 15.2. The quantitative estimate of drug-likeness (QED) is 0.333. The topological polar surface area (TPSA) is 49.7 Å². The molecule has 0 aliphatic heterocycles. The van der Waals surface area contributed by atoms with Crippen molar-refractivity contribution in [1.82, 2.24) is 0 Å². The molecule has 0 aliphatic carbocycles. The largest absolute Gasteiger partial charge is 0.507 e. The molecule has 0 spiro atoms. The lowest BCUT2D eigenvalue weighted by atomic mass is 9.91. The van der Waals surface area contributed by atoms with E-state index in [9.17, 15) is 10.2 Å². The van der Waals surface area contributed by atoms with Crippen LogP contribution in [0.25, 0.3) is 43.8 Å². The molecule has 0 saturated carbocycles. The Morgan fingerprint density at radius 1 is 0.613 bits per heavy atom. The number of fused-ring (bicyclic) bond motifs is 2. The van der Waals surface area contributed by atoms with Gasteiger partial charge >= 0.3 is 0 Å². The lowest BCUT2D eigenvalue weighted by Crippen LogP contribution is -1.90. The average Bonchev–Trinajstić information content (AvgIpc) is 2.80. The Morgan fingerprint density at radius 2 is 1.23 bits per heavy atom. The van der Waals surface area contributed by atoms with Gasteiger partial charge in [-0.2, -0.15) is 0 Å². The first kappa shape index (κ1) is 19.0. The van der Waals surface area contributed by atoms with Gasteiger partial charge in [-0.1, -0.05) is 60.7 Å². The van der Waals surface area contributed by atoms with E-state index in [4.69, 9.17) is 4.74 Å². The van der Waals surface area contributed by atoms with Gasteiger partial charge in [0.1, 0.15) is 17.2 Å². The van der Waals surface area contributed by atoms with E-state index in [2.05, 4.69) is 6.07 Å². The highest BCUT2D eigenvalue weighted by molar-refractivity contribution is 6.10. The fourth-order valence-electron chi connectivity index (χ4n) is 4.19. The first-order valence-corrected chi connectivity index (χ1v) is 10.4. The van der Waals surface area contributed by atoms with E-state index in [-0.39, 0.29) is 11.5 Å². The summed E-state index contributed by atoms with van der Waals surface area (Å²) >= 11 is 0. The van der Waals surface area contributed by atoms with Crippen molar-refractivity contribution in [2.75, 3.05) is 6.61 Å². The van der Waals surface area contributed by atoms with Crippen molar-refractivity contribution >= 4 is 21.5 Å². The lowest BCUT2D eigenvalue weighted by molar-refractivity contribution is 0.340. The molecule has 2 N–H and O–H groups in total. The molecule has 3 nitrogen and oxygen atoms in total.